The highest BCUT2D eigenvalue weighted by atomic mass is 35.5. The highest BCUT2D eigenvalue weighted by Gasteiger charge is 2.14. The molecule has 0 aliphatic rings. The molecule has 1 aromatic heterocycles. The fourth-order valence-corrected chi connectivity index (χ4v) is 2.65. The van der Waals surface area contributed by atoms with Crippen LogP contribution in [-0.2, 0) is 0 Å². The molecule has 0 atom stereocenters. The Bertz CT molecular complexity index is 1040. The number of pyridine rings is 1. The molecule has 2 N–H and O–H groups in total. The third-order valence-electron chi connectivity index (χ3n) is 3.79. The number of hydrogen-bond donors (Lipinski definition) is 2. The summed E-state index contributed by atoms with van der Waals surface area (Å²) in [6.45, 7) is 0. The number of ether oxygens (including phenoxy) is 1. The molecule has 0 saturated carbocycles. The van der Waals surface area contributed by atoms with Gasteiger partial charge in [0.25, 0.3) is 11.8 Å². The molecule has 6 nitrogen and oxygen atoms in total. The Kier molecular flexibility index (Phi) is 5.86. The van der Waals surface area contributed by atoms with E-state index in [2.05, 4.69) is 15.6 Å². The first-order valence-corrected chi connectivity index (χ1v) is 8.52. The maximum absolute atomic E-state index is 13.7. The van der Waals surface area contributed by atoms with E-state index in [0.29, 0.717) is 16.5 Å². The SMILES string of the molecule is COc1ccc(NC(=O)c2cc(C(=O)Nc3ccccc3F)ccn2)cc1Cl. The van der Waals surface area contributed by atoms with Crippen molar-refractivity contribution in [1.82, 2.24) is 4.98 Å². The van der Waals surface area contributed by atoms with Crippen LogP contribution in [0, 0.1) is 5.82 Å². The molecule has 2 amide bonds. The van der Waals surface area contributed by atoms with E-state index in [0.717, 1.165) is 0 Å². The van der Waals surface area contributed by atoms with Gasteiger partial charge in [-0.15, -0.1) is 0 Å². The van der Waals surface area contributed by atoms with E-state index in [4.69, 9.17) is 16.3 Å². The molecule has 8 heteroatoms. The Hall–Kier alpha value is -3.45. The highest BCUT2D eigenvalue weighted by Crippen LogP contribution is 2.27. The summed E-state index contributed by atoms with van der Waals surface area (Å²) in [5, 5.41) is 5.44. The van der Waals surface area contributed by atoms with Gasteiger partial charge >= 0.3 is 0 Å². The minimum atomic E-state index is -0.561. The maximum atomic E-state index is 13.7. The van der Waals surface area contributed by atoms with Crippen LogP contribution >= 0.6 is 11.6 Å². The van der Waals surface area contributed by atoms with Crippen molar-refractivity contribution in [2.75, 3.05) is 17.7 Å². The number of hydrogen-bond acceptors (Lipinski definition) is 4. The van der Waals surface area contributed by atoms with Crippen molar-refractivity contribution in [3.8, 4) is 5.75 Å². The summed E-state index contributed by atoms with van der Waals surface area (Å²) in [7, 11) is 1.49. The lowest BCUT2D eigenvalue weighted by Crippen LogP contribution is -2.17. The number of halogens is 2. The van der Waals surface area contributed by atoms with Gasteiger partial charge in [0.15, 0.2) is 0 Å². The van der Waals surface area contributed by atoms with Gasteiger partial charge in [0.2, 0.25) is 0 Å². The summed E-state index contributed by atoms with van der Waals surface area (Å²) in [5.41, 5.74) is 0.672. The summed E-state index contributed by atoms with van der Waals surface area (Å²) in [6, 6.07) is 13.3. The second-order valence-corrected chi connectivity index (χ2v) is 6.07. The van der Waals surface area contributed by atoms with Crippen molar-refractivity contribution in [2.45, 2.75) is 0 Å². The molecule has 0 aliphatic carbocycles. The first-order chi connectivity index (χ1) is 13.5. The molecule has 0 unspecified atom stereocenters. The summed E-state index contributed by atoms with van der Waals surface area (Å²) < 4.78 is 18.8. The molecule has 0 saturated heterocycles. The van der Waals surface area contributed by atoms with Crippen molar-refractivity contribution >= 4 is 34.8 Å². The number of carbonyl (C=O) groups excluding carboxylic acids is 2. The third kappa shape index (κ3) is 4.44. The number of benzene rings is 2. The van der Waals surface area contributed by atoms with Crippen molar-refractivity contribution in [3.05, 3.63) is 82.9 Å². The lowest BCUT2D eigenvalue weighted by Gasteiger charge is -2.09. The number of rotatable bonds is 5. The van der Waals surface area contributed by atoms with Gasteiger partial charge in [-0.1, -0.05) is 23.7 Å². The summed E-state index contributed by atoms with van der Waals surface area (Å²) >= 11 is 6.04. The Balaban J connectivity index is 1.75. The molecule has 1 heterocycles. The van der Waals surface area contributed by atoms with Gasteiger partial charge in [-0.25, -0.2) is 4.39 Å². The predicted octanol–water partition coefficient (Wildman–Crippen LogP) is 4.39. The van der Waals surface area contributed by atoms with Crippen LogP contribution in [0.1, 0.15) is 20.8 Å². The summed E-state index contributed by atoms with van der Waals surface area (Å²) in [4.78, 5) is 28.7. The Morgan fingerprint density at radius 2 is 1.82 bits per heavy atom. The number of nitrogens with zero attached hydrogens (tertiary/aromatic N) is 1. The van der Waals surface area contributed by atoms with Crippen LogP contribution in [0.5, 0.6) is 5.75 Å². The second kappa shape index (κ2) is 8.49. The molecule has 3 rings (SSSR count). The van der Waals surface area contributed by atoms with E-state index in [1.807, 2.05) is 0 Å². The number of aromatic nitrogens is 1. The zero-order valence-corrected chi connectivity index (χ0v) is 15.5. The summed E-state index contributed by atoms with van der Waals surface area (Å²) in [6.07, 6.45) is 1.33. The number of carbonyl (C=O) groups is 2. The highest BCUT2D eigenvalue weighted by molar-refractivity contribution is 6.32. The first-order valence-electron chi connectivity index (χ1n) is 8.15. The van der Waals surface area contributed by atoms with Gasteiger partial charge in [0, 0.05) is 17.4 Å². The van der Waals surface area contributed by atoms with Gasteiger partial charge in [0.05, 0.1) is 17.8 Å². The zero-order chi connectivity index (χ0) is 20.1. The molecule has 0 aliphatic heterocycles. The topological polar surface area (TPSA) is 80.3 Å². The number of amides is 2. The number of methoxy groups -OCH3 is 1. The largest absolute Gasteiger partial charge is 0.495 e. The van der Waals surface area contributed by atoms with Crippen LogP contribution in [0.3, 0.4) is 0 Å². The molecule has 2 aromatic carbocycles. The van der Waals surface area contributed by atoms with Crippen molar-refractivity contribution in [3.63, 3.8) is 0 Å². The molecule has 0 bridgehead atoms. The van der Waals surface area contributed by atoms with Crippen LogP contribution in [0.25, 0.3) is 0 Å². The standard InChI is InChI=1S/C20H15ClFN3O3/c1-28-18-7-6-13(11-14(18)21)24-20(27)17-10-12(8-9-23-17)19(26)25-16-5-3-2-4-15(16)22/h2-11H,1H3,(H,24,27)(H,25,26). The maximum Gasteiger partial charge on any atom is 0.274 e. The van der Waals surface area contributed by atoms with Crippen LogP contribution in [-0.4, -0.2) is 23.9 Å². The smallest absolute Gasteiger partial charge is 0.274 e. The van der Waals surface area contributed by atoms with Gasteiger partial charge in [-0.05, 0) is 42.5 Å². The van der Waals surface area contributed by atoms with Gasteiger partial charge in [0.1, 0.15) is 17.3 Å². The van der Waals surface area contributed by atoms with Gasteiger partial charge in [-0.3, -0.25) is 14.6 Å². The number of anilines is 2. The lowest BCUT2D eigenvalue weighted by atomic mass is 10.2. The van der Waals surface area contributed by atoms with Crippen LogP contribution in [0.15, 0.2) is 60.8 Å². The quantitative estimate of drug-likeness (QED) is 0.667. The fourth-order valence-electron chi connectivity index (χ4n) is 2.39. The normalized spacial score (nSPS) is 10.2. The molecule has 0 fully saturated rings. The number of para-hydroxylation sites is 1. The Morgan fingerprint density at radius 3 is 2.54 bits per heavy atom. The van der Waals surface area contributed by atoms with Gasteiger partial charge < -0.3 is 15.4 Å². The van der Waals surface area contributed by atoms with Crippen molar-refractivity contribution in [1.29, 1.82) is 0 Å². The predicted molar refractivity (Wildman–Crippen MR) is 105 cm³/mol. The second-order valence-electron chi connectivity index (χ2n) is 5.67. The van der Waals surface area contributed by atoms with E-state index in [9.17, 15) is 14.0 Å². The van der Waals surface area contributed by atoms with E-state index in [-0.39, 0.29) is 16.9 Å². The fraction of sp³-hybridized carbons (Fsp3) is 0.0500. The average molecular weight is 400 g/mol. The molecular weight excluding hydrogens is 385 g/mol. The monoisotopic (exact) mass is 399 g/mol. The minimum Gasteiger partial charge on any atom is -0.495 e. The third-order valence-corrected chi connectivity index (χ3v) is 4.08. The number of nitrogens with one attached hydrogen (secondary N) is 2. The summed E-state index contributed by atoms with van der Waals surface area (Å²) in [5.74, 6) is -1.17. The molecule has 28 heavy (non-hydrogen) atoms. The van der Waals surface area contributed by atoms with Crippen molar-refractivity contribution in [2.24, 2.45) is 0 Å². The van der Waals surface area contributed by atoms with Gasteiger partial charge in [-0.2, -0.15) is 0 Å². The van der Waals surface area contributed by atoms with E-state index in [1.165, 1.54) is 49.7 Å². The molecule has 0 radical (unpaired) electrons. The van der Waals surface area contributed by atoms with Crippen LogP contribution in [0.2, 0.25) is 5.02 Å². The van der Waals surface area contributed by atoms with E-state index in [1.54, 1.807) is 18.2 Å². The van der Waals surface area contributed by atoms with E-state index >= 15 is 0 Å². The Labute approximate surface area is 165 Å². The first kappa shape index (κ1) is 19.3. The zero-order valence-electron chi connectivity index (χ0n) is 14.7. The van der Waals surface area contributed by atoms with Crippen molar-refractivity contribution < 1.29 is 18.7 Å². The molecule has 3 aromatic rings. The minimum absolute atomic E-state index is 0.0214. The van der Waals surface area contributed by atoms with Crippen LogP contribution in [0.4, 0.5) is 15.8 Å². The average Bonchev–Trinajstić information content (AvgIpc) is 2.70. The Morgan fingerprint density at radius 1 is 1.04 bits per heavy atom. The molecular formula is C20H15ClFN3O3. The van der Waals surface area contributed by atoms with E-state index < -0.39 is 17.6 Å². The molecule has 142 valence electrons. The lowest BCUT2D eigenvalue weighted by molar-refractivity contribution is 0.102. The van der Waals surface area contributed by atoms with Crippen LogP contribution < -0.4 is 15.4 Å². The molecule has 0 spiro atoms.